The Morgan fingerprint density at radius 2 is 2.00 bits per heavy atom. The Kier molecular flexibility index (Phi) is 9.54. The number of carbonyl (C=O) groups is 1. The third-order valence-corrected chi connectivity index (χ3v) is 5.96. The molecule has 0 aliphatic heterocycles. The highest BCUT2D eigenvalue weighted by molar-refractivity contribution is 7.90. The Balaban J connectivity index is 2.24. The zero-order chi connectivity index (χ0) is 25.5. The maximum absolute atomic E-state index is 12.9. The molecule has 0 spiro atoms. The molecule has 1 aromatic carbocycles. The predicted molar refractivity (Wildman–Crippen MR) is 121 cm³/mol. The number of carbonyl (C=O) groups excluding carboxylic acids is 1. The average molecular weight is 524 g/mol. The van der Waals surface area contributed by atoms with Gasteiger partial charge in [-0.1, -0.05) is 17.7 Å². The molecule has 1 heterocycles. The van der Waals surface area contributed by atoms with Crippen molar-refractivity contribution < 1.29 is 35.9 Å². The SMILES string of the molecule is COCCCS(=O)(=O)NC(=O)/C=C/c1cc(OC(C)C)nn1Cc1ccc(C(F)(F)F)cc1Cl. The molecule has 0 fully saturated rings. The van der Waals surface area contributed by atoms with Crippen molar-refractivity contribution in [2.24, 2.45) is 0 Å². The van der Waals surface area contributed by atoms with Crippen LogP contribution >= 0.6 is 11.6 Å². The molecule has 8 nitrogen and oxygen atoms in total. The lowest BCUT2D eigenvalue weighted by Crippen LogP contribution is -2.31. The normalized spacial score (nSPS) is 12.5. The van der Waals surface area contributed by atoms with Crippen LogP contribution in [0.25, 0.3) is 6.08 Å². The fraction of sp³-hybridized carbons (Fsp3) is 0.429. The number of methoxy groups -OCH3 is 1. The van der Waals surface area contributed by atoms with Crippen LogP contribution in [0.5, 0.6) is 5.88 Å². The summed E-state index contributed by atoms with van der Waals surface area (Å²) in [5.74, 6) is -0.939. The molecule has 0 saturated carbocycles. The molecule has 2 rings (SSSR count). The molecule has 0 bridgehead atoms. The number of amides is 1. The Bertz CT molecular complexity index is 1130. The van der Waals surface area contributed by atoms with Gasteiger partial charge in [0.05, 0.1) is 29.7 Å². The summed E-state index contributed by atoms with van der Waals surface area (Å²) in [6.45, 7) is 3.77. The molecule has 34 heavy (non-hydrogen) atoms. The molecule has 0 atom stereocenters. The van der Waals surface area contributed by atoms with Crippen molar-refractivity contribution in [3.8, 4) is 5.88 Å². The number of sulfonamides is 1. The van der Waals surface area contributed by atoms with Gasteiger partial charge in [0.25, 0.3) is 5.91 Å². The van der Waals surface area contributed by atoms with Crippen LogP contribution in [0.2, 0.25) is 5.02 Å². The maximum atomic E-state index is 12.9. The van der Waals surface area contributed by atoms with Crippen molar-refractivity contribution >= 4 is 33.6 Å². The summed E-state index contributed by atoms with van der Waals surface area (Å²) in [5.41, 5.74) is -0.179. The van der Waals surface area contributed by atoms with Crippen LogP contribution in [0, 0.1) is 0 Å². The summed E-state index contributed by atoms with van der Waals surface area (Å²) in [5, 5.41) is 4.15. The van der Waals surface area contributed by atoms with Gasteiger partial charge in [-0.15, -0.1) is 5.10 Å². The first-order chi connectivity index (χ1) is 15.8. The minimum atomic E-state index is -4.53. The summed E-state index contributed by atoms with van der Waals surface area (Å²) >= 11 is 6.05. The zero-order valence-corrected chi connectivity index (χ0v) is 20.3. The first-order valence-corrected chi connectivity index (χ1v) is 12.2. The molecule has 1 aromatic heterocycles. The van der Waals surface area contributed by atoms with E-state index in [1.807, 2.05) is 4.72 Å². The average Bonchev–Trinajstić information content (AvgIpc) is 3.07. The Morgan fingerprint density at radius 1 is 1.29 bits per heavy atom. The highest BCUT2D eigenvalue weighted by Gasteiger charge is 2.31. The molecule has 0 radical (unpaired) electrons. The van der Waals surface area contributed by atoms with Crippen LogP contribution in [0.4, 0.5) is 13.2 Å². The molecule has 0 aliphatic carbocycles. The van der Waals surface area contributed by atoms with E-state index in [4.69, 9.17) is 21.1 Å². The van der Waals surface area contributed by atoms with E-state index in [0.717, 1.165) is 18.2 Å². The molecule has 0 unspecified atom stereocenters. The van der Waals surface area contributed by atoms with Crippen LogP contribution in [0.15, 0.2) is 30.3 Å². The van der Waals surface area contributed by atoms with Gasteiger partial charge < -0.3 is 9.47 Å². The fourth-order valence-corrected chi connectivity index (χ4v) is 3.99. The number of aromatic nitrogens is 2. The highest BCUT2D eigenvalue weighted by atomic mass is 35.5. The van der Waals surface area contributed by atoms with E-state index in [-0.39, 0.29) is 42.3 Å². The van der Waals surface area contributed by atoms with Crippen LogP contribution in [-0.2, 0) is 32.3 Å². The van der Waals surface area contributed by atoms with Gasteiger partial charge in [-0.2, -0.15) is 13.2 Å². The van der Waals surface area contributed by atoms with E-state index in [1.54, 1.807) is 13.8 Å². The smallest absolute Gasteiger partial charge is 0.416 e. The molecular weight excluding hydrogens is 499 g/mol. The van der Waals surface area contributed by atoms with Gasteiger partial charge in [-0.3, -0.25) is 9.48 Å². The summed E-state index contributed by atoms with van der Waals surface area (Å²) in [6, 6.07) is 4.48. The number of benzene rings is 1. The number of halogens is 4. The van der Waals surface area contributed by atoms with Gasteiger partial charge in [0.2, 0.25) is 15.9 Å². The van der Waals surface area contributed by atoms with Gasteiger partial charge in [-0.25, -0.2) is 13.1 Å². The van der Waals surface area contributed by atoms with E-state index in [9.17, 15) is 26.4 Å². The summed E-state index contributed by atoms with van der Waals surface area (Å²) in [7, 11) is -2.40. The molecule has 13 heteroatoms. The topological polar surface area (TPSA) is 99.5 Å². The number of nitrogens with one attached hydrogen (secondary N) is 1. The number of ether oxygens (including phenoxy) is 2. The molecule has 1 amide bonds. The van der Waals surface area contributed by atoms with Crippen molar-refractivity contribution in [1.29, 1.82) is 0 Å². The summed E-state index contributed by atoms with van der Waals surface area (Å²) < 4.78 is 76.3. The van der Waals surface area contributed by atoms with E-state index >= 15 is 0 Å². The number of hydrogen-bond donors (Lipinski definition) is 1. The zero-order valence-electron chi connectivity index (χ0n) is 18.7. The molecule has 1 N–H and O–H groups in total. The maximum Gasteiger partial charge on any atom is 0.416 e. The van der Waals surface area contributed by atoms with Crippen LogP contribution < -0.4 is 9.46 Å². The standard InChI is InChI=1S/C21H25ClF3N3O5S/c1-14(2)33-20-12-17(7-8-19(29)27-34(30,31)10-4-9-32-3)28(26-20)13-15-5-6-16(11-18(15)22)21(23,24)25/h5-8,11-12,14H,4,9-10,13H2,1-3H3,(H,27,29)/b8-7+. The first kappa shape index (κ1) is 27.7. The predicted octanol–water partition coefficient (Wildman–Crippen LogP) is 3.89. The van der Waals surface area contributed by atoms with Crippen molar-refractivity contribution in [2.45, 2.75) is 39.1 Å². The number of hydrogen-bond acceptors (Lipinski definition) is 6. The minimum Gasteiger partial charge on any atom is -0.474 e. The van der Waals surface area contributed by atoms with Crippen molar-refractivity contribution in [2.75, 3.05) is 19.5 Å². The van der Waals surface area contributed by atoms with Crippen LogP contribution in [-0.4, -0.2) is 49.7 Å². The lowest BCUT2D eigenvalue weighted by atomic mass is 10.1. The Hall–Kier alpha value is -2.57. The molecule has 0 saturated heterocycles. The second-order valence-corrected chi connectivity index (χ2v) is 9.75. The van der Waals surface area contributed by atoms with Gasteiger partial charge >= 0.3 is 6.18 Å². The Labute approximate surface area is 200 Å². The second kappa shape index (κ2) is 11.7. The van der Waals surface area contributed by atoms with E-state index < -0.39 is 27.7 Å². The first-order valence-electron chi connectivity index (χ1n) is 10.1. The molecule has 0 aliphatic rings. The summed E-state index contributed by atoms with van der Waals surface area (Å²) in [6.07, 6.45) is -2.19. The van der Waals surface area contributed by atoms with Crippen LogP contribution in [0.3, 0.4) is 0 Å². The van der Waals surface area contributed by atoms with Crippen LogP contribution in [0.1, 0.15) is 37.1 Å². The molecule has 188 valence electrons. The fourth-order valence-electron chi connectivity index (χ4n) is 2.77. The van der Waals surface area contributed by atoms with Crippen molar-refractivity contribution in [3.63, 3.8) is 0 Å². The van der Waals surface area contributed by atoms with Gasteiger partial charge in [-0.05, 0) is 44.0 Å². The summed E-state index contributed by atoms with van der Waals surface area (Å²) in [4.78, 5) is 12.1. The monoisotopic (exact) mass is 523 g/mol. The minimum absolute atomic E-state index is 0.0188. The number of nitrogens with zero attached hydrogens (tertiary/aromatic N) is 2. The van der Waals surface area contributed by atoms with Gasteiger partial charge in [0.15, 0.2) is 0 Å². The van der Waals surface area contributed by atoms with Crippen molar-refractivity contribution in [1.82, 2.24) is 14.5 Å². The van der Waals surface area contributed by atoms with Gasteiger partial charge in [0, 0.05) is 30.9 Å². The Morgan fingerprint density at radius 3 is 2.59 bits per heavy atom. The number of alkyl halides is 3. The molecular formula is C21H25ClF3N3O5S. The third kappa shape index (κ3) is 8.65. The number of rotatable bonds is 11. The highest BCUT2D eigenvalue weighted by Crippen LogP contribution is 2.32. The largest absolute Gasteiger partial charge is 0.474 e. The van der Waals surface area contributed by atoms with E-state index in [0.29, 0.717) is 11.3 Å². The van der Waals surface area contributed by atoms with E-state index in [1.165, 1.54) is 30.0 Å². The lowest BCUT2D eigenvalue weighted by molar-refractivity contribution is -0.137. The van der Waals surface area contributed by atoms with Gasteiger partial charge in [0.1, 0.15) is 0 Å². The lowest BCUT2D eigenvalue weighted by Gasteiger charge is -2.11. The molecule has 2 aromatic rings. The van der Waals surface area contributed by atoms with Crippen molar-refractivity contribution in [3.05, 3.63) is 52.2 Å². The third-order valence-electron chi connectivity index (χ3n) is 4.27. The van der Waals surface area contributed by atoms with E-state index in [2.05, 4.69) is 5.10 Å². The second-order valence-electron chi connectivity index (χ2n) is 7.50. The quantitative estimate of drug-likeness (QED) is 0.354.